The van der Waals surface area contributed by atoms with Crippen molar-refractivity contribution in [2.45, 2.75) is 94.4 Å². The Hall–Kier alpha value is -5.20. The minimum Gasteiger partial charge on any atom is -0.0683 e. The standard InChI is InChI=1S/C28H26.C17H20.C7H8.C2H6/c1-17-10-11-23-25(15-17)28(4,5)26-16-24(20-13-18(2)12-19(3)14-20)21-8-6-7-9-22(21)27(23)26;1-12(2)15-9-10-17(14(4)11-15)16-8-6-5-7-13(16)3;1-7-5-3-2-4-6-7;1-2/h6-16H,1-5H3;5-12H,1-4H3;2-6H,1H3;1-2H3. The summed E-state index contributed by atoms with van der Waals surface area (Å²) in [6, 6.07) is 50.9. The lowest BCUT2D eigenvalue weighted by atomic mass is 9.80. The molecular formula is C54H60. The molecule has 8 rings (SSSR count). The molecule has 0 unspecified atom stereocenters. The highest BCUT2D eigenvalue weighted by molar-refractivity contribution is 6.09. The van der Waals surface area contributed by atoms with Crippen LogP contribution in [0.2, 0.25) is 0 Å². The van der Waals surface area contributed by atoms with Gasteiger partial charge < -0.3 is 0 Å². The van der Waals surface area contributed by atoms with Crippen LogP contribution in [-0.4, -0.2) is 0 Å². The van der Waals surface area contributed by atoms with E-state index in [1.807, 2.05) is 32.0 Å². The molecule has 0 bridgehead atoms. The zero-order valence-electron chi connectivity index (χ0n) is 34.9. The third-order valence-corrected chi connectivity index (χ3v) is 10.7. The lowest BCUT2D eigenvalue weighted by molar-refractivity contribution is 0.660. The Morgan fingerprint density at radius 2 is 0.981 bits per heavy atom. The summed E-state index contributed by atoms with van der Waals surface area (Å²) in [6.45, 7) is 26.2. The molecule has 0 aromatic heterocycles. The number of rotatable bonds is 3. The smallest absolute Gasteiger partial charge is 0.0159 e. The van der Waals surface area contributed by atoms with E-state index in [1.165, 1.54) is 94.2 Å². The van der Waals surface area contributed by atoms with Gasteiger partial charge in [0.25, 0.3) is 0 Å². The molecule has 0 saturated carbocycles. The van der Waals surface area contributed by atoms with Gasteiger partial charge in [0.05, 0.1) is 0 Å². The number of hydrogen-bond donors (Lipinski definition) is 0. The third kappa shape index (κ3) is 8.61. The van der Waals surface area contributed by atoms with Crippen molar-refractivity contribution in [2.75, 3.05) is 0 Å². The Morgan fingerprint density at radius 1 is 0.407 bits per heavy atom. The lowest BCUT2D eigenvalue weighted by Gasteiger charge is -2.23. The molecule has 0 radical (unpaired) electrons. The van der Waals surface area contributed by atoms with Gasteiger partial charge in [-0.2, -0.15) is 0 Å². The number of hydrogen-bond acceptors (Lipinski definition) is 0. The van der Waals surface area contributed by atoms with Crippen LogP contribution >= 0.6 is 0 Å². The molecule has 0 spiro atoms. The van der Waals surface area contributed by atoms with E-state index in [9.17, 15) is 0 Å². The quantitative estimate of drug-likeness (QED) is 0.171. The van der Waals surface area contributed by atoms with Gasteiger partial charge in [-0.25, -0.2) is 0 Å². The Balaban J connectivity index is 0.000000182. The molecule has 0 amide bonds. The zero-order valence-corrected chi connectivity index (χ0v) is 34.9. The fourth-order valence-electron chi connectivity index (χ4n) is 7.82. The number of fused-ring (bicyclic) bond motifs is 5. The van der Waals surface area contributed by atoms with Crippen LogP contribution < -0.4 is 0 Å². The van der Waals surface area contributed by atoms with Gasteiger partial charge in [0.2, 0.25) is 0 Å². The van der Waals surface area contributed by atoms with E-state index >= 15 is 0 Å². The van der Waals surface area contributed by atoms with E-state index in [2.05, 4.69) is 191 Å². The summed E-state index contributed by atoms with van der Waals surface area (Å²) in [5.41, 5.74) is 20.5. The normalized spacial score (nSPS) is 12.0. The van der Waals surface area contributed by atoms with Crippen LogP contribution in [0.15, 0.2) is 140 Å². The van der Waals surface area contributed by atoms with Crippen molar-refractivity contribution in [3.63, 3.8) is 0 Å². The average molecular weight is 709 g/mol. The predicted octanol–water partition coefficient (Wildman–Crippen LogP) is 15.9. The molecule has 0 aliphatic heterocycles. The summed E-state index contributed by atoms with van der Waals surface area (Å²) < 4.78 is 0. The van der Waals surface area contributed by atoms with Gasteiger partial charge in [0.1, 0.15) is 0 Å². The summed E-state index contributed by atoms with van der Waals surface area (Å²) in [6.07, 6.45) is 0. The summed E-state index contributed by atoms with van der Waals surface area (Å²) in [5.74, 6) is 0.597. The molecule has 0 heteroatoms. The van der Waals surface area contributed by atoms with Crippen molar-refractivity contribution in [1.82, 2.24) is 0 Å². The summed E-state index contributed by atoms with van der Waals surface area (Å²) in [7, 11) is 0. The minimum absolute atomic E-state index is 0.00827. The molecule has 0 atom stereocenters. The van der Waals surface area contributed by atoms with Crippen molar-refractivity contribution < 1.29 is 0 Å². The van der Waals surface area contributed by atoms with E-state index in [1.54, 1.807) is 0 Å². The lowest BCUT2D eigenvalue weighted by Crippen LogP contribution is -2.15. The maximum absolute atomic E-state index is 2.46. The zero-order chi connectivity index (χ0) is 39.2. The van der Waals surface area contributed by atoms with Gasteiger partial charge >= 0.3 is 0 Å². The molecule has 0 saturated heterocycles. The van der Waals surface area contributed by atoms with Crippen LogP contribution in [-0.2, 0) is 5.41 Å². The van der Waals surface area contributed by atoms with Gasteiger partial charge in [0, 0.05) is 5.41 Å². The van der Waals surface area contributed by atoms with Gasteiger partial charge in [-0.3, -0.25) is 0 Å². The predicted molar refractivity (Wildman–Crippen MR) is 239 cm³/mol. The average Bonchev–Trinajstić information content (AvgIpc) is 3.38. The second-order valence-corrected chi connectivity index (χ2v) is 15.6. The topological polar surface area (TPSA) is 0 Å². The molecular weight excluding hydrogens is 649 g/mol. The van der Waals surface area contributed by atoms with E-state index in [4.69, 9.17) is 0 Å². The highest BCUT2D eigenvalue weighted by Gasteiger charge is 2.37. The van der Waals surface area contributed by atoms with Crippen molar-refractivity contribution in [3.8, 4) is 33.4 Å². The Bertz CT molecular complexity index is 2330. The Morgan fingerprint density at radius 3 is 1.57 bits per heavy atom. The third-order valence-electron chi connectivity index (χ3n) is 10.7. The van der Waals surface area contributed by atoms with Crippen LogP contribution in [0, 0.1) is 41.5 Å². The first kappa shape index (κ1) is 40.0. The highest BCUT2D eigenvalue weighted by atomic mass is 14.4. The number of benzene rings is 7. The maximum Gasteiger partial charge on any atom is 0.0159 e. The molecule has 0 nitrogen and oxygen atoms in total. The Labute approximate surface area is 327 Å². The largest absolute Gasteiger partial charge is 0.0683 e. The van der Waals surface area contributed by atoms with Crippen LogP contribution in [0.4, 0.5) is 0 Å². The number of aryl methyl sites for hydroxylation is 6. The molecule has 0 heterocycles. The fourth-order valence-corrected chi connectivity index (χ4v) is 7.82. The van der Waals surface area contributed by atoms with Crippen molar-refractivity contribution >= 4 is 10.8 Å². The van der Waals surface area contributed by atoms with E-state index < -0.39 is 0 Å². The van der Waals surface area contributed by atoms with Crippen LogP contribution in [0.5, 0.6) is 0 Å². The molecule has 1 aliphatic carbocycles. The van der Waals surface area contributed by atoms with Crippen molar-refractivity contribution in [3.05, 3.63) is 190 Å². The van der Waals surface area contributed by atoms with Crippen LogP contribution in [0.3, 0.4) is 0 Å². The fraction of sp³-hybridized carbons (Fsp3) is 0.259. The molecule has 7 aromatic carbocycles. The second-order valence-electron chi connectivity index (χ2n) is 15.6. The second kappa shape index (κ2) is 17.3. The van der Waals surface area contributed by atoms with Crippen molar-refractivity contribution in [1.29, 1.82) is 0 Å². The molecule has 7 aromatic rings. The molecule has 1 aliphatic rings. The first-order valence-corrected chi connectivity index (χ1v) is 19.8. The van der Waals surface area contributed by atoms with E-state index in [0.717, 1.165) is 0 Å². The monoisotopic (exact) mass is 708 g/mol. The van der Waals surface area contributed by atoms with Gasteiger partial charge in [-0.1, -0.05) is 197 Å². The first-order chi connectivity index (χ1) is 25.8. The summed E-state index contributed by atoms with van der Waals surface area (Å²) in [4.78, 5) is 0. The SMILES string of the molecule is CC.Cc1cc(C)cc(-c2cc3c(c4ccccc24)-c2ccc(C)cc2C3(C)C)c1.Cc1ccccc1.Cc1ccccc1-c1ccc(C(C)C)cc1C. The van der Waals surface area contributed by atoms with E-state index in [0.29, 0.717) is 5.92 Å². The molecule has 0 fully saturated rings. The molecule has 0 N–H and O–H groups in total. The van der Waals surface area contributed by atoms with Crippen LogP contribution in [0.25, 0.3) is 44.2 Å². The van der Waals surface area contributed by atoms with Crippen LogP contribution in [0.1, 0.15) is 97.5 Å². The minimum atomic E-state index is 0.00827. The Kier molecular flexibility index (Phi) is 12.8. The molecule has 54 heavy (non-hydrogen) atoms. The van der Waals surface area contributed by atoms with Crippen molar-refractivity contribution in [2.24, 2.45) is 0 Å². The van der Waals surface area contributed by atoms with Gasteiger partial charge in [-0.05, 0) is 125 Å². The first-order valence-electron chi connectivity index (χ1n) is 19.8. The highest BCUT2D eigenvalue weighted by Crippen LogP contribution is 2.53. The van der Waals surface area contributed by atoms with Gasteiger partial charge in [0.15, 0.2) is 0 Å². The summed E-state index contributed by atoms with van der Waals surface area (Å²) >= 11 is 0. The molecule has 276 valence electrons. The maximum atomic E-state index is 2.46. The van der Waals surface area contributed by atoms with E-state index in [-0.39, 0.29) is 5.41 Å². The summed E-state index contributed by atoms with van der Waals surface area (Å²) in [5, 5.41) is 2.71. The van der Waals surface area contributed by atoms with Gasteiger partial charge in [-0.15, -0.1) is 0 Å².